The Hall–Kier alpha value is -1.97. The summed E-state index contributed by atoms with van der Waals surface area (Å²) in [5, 5.41) is 0. The number of aromatic amines is 1. The summed E-state index contributed by atoms with van der Waals surface area (Å²) in [5.41, 5.74) is 1.33. The lowest BCUT2D eigenvalue weighted by atomic mass is 10.1. The predicted octanol–water partition coefficient (Wildman–Crippen LogP) is 1.88. The average Bonchev–Trinajstić information content (AvgIpc) is 2.22. The van der Waals surface area contributed by atoms with Gasteiger partial charge in [-0.1, -0.05) is 12.1 Å². The molecule has 0 bridgehead atoms. The van der Waals surface area contributed by atoms with Gasteiger partial charge in [-0.2, -0.15) is 0 Å². The van der Waals surface area contributed by atoms with E-state index in [9.17, 15) is 9.18 Å². The van der Waals surface area contributed by atoms with E-state index in [0.29, 0.717) is 16.8 Å². The number of hydrogen-bond acceptors (Lipinski definition) is 2. The van der Waals surface area contributed by atoms with Crippen LogP contribution in [-0.2, 0) is 0 Å². The van der Waals surface area contributed by atoms with Crippen LogP contribution in [0.3, 0.4) is 0 Å². The van der Waals surface area contributed by atoms with Crippen molar-refractivity contribution in [3.05, 3.63) is 52.3 Å². The molecule has 1 aromatic heterocycles. The maximum Gasteiger partial charge on any atom is 0.345 e. The molecule has 0 radical (unpaired) electrons. The van der Waals surface area contributed by atoms with Crippen LogP contribution in [0, 0.1) is 12.7 Å². The molecule has 0 atom stereocenters. The van der Waals surface area contributed by atoms with Crippen molar-refractivity contribution in [2.24, 2.45) is 0 Å². The number of H-pyrrole nitrogens is 1. The second kappa shape index (κ2) is 3.65. The van der Waals surface area contributed by atoms with E-state index in [2.05, 4.69) is 9.97 Å². The molecule has 0 saturated heterocycles. The van der Waals surface area contributed by atoms with Crippen LogP contribution in [0.4, 0.5) is 4.39 Å². The van der Waals surface area contributed by atoms with Crippen LogP contribution in [0.2, 0.25) is 0 Å². The molecule has 0 amide bonds. The topological polar surface area (TPSA) is 45.8 Å². The number of rotatable bonds is 1. The Balaban J connectivity index is 2.64. The van der Waals surface area contributed by atoms with E-state index >= 15 is 0 Å². The van der Waals surface area contributed by atoms with E-state index in [1.54, 1.807) is 25.1 Å². The lowest BCUT2D eigenvalue weighted by Gasteiger charge is -2.05. The number of aromatic nitrogens is 2. The first-order chi connectivity index (χ1) is 7.18. The van der Waals surface area contributed by atoms with E-state index in [-0.39, 0.29) is 5.82 Å². The molecule has 0 spiro atoms. The molecule has 1 heterocycles. The first kappa shape index (κ1) is 9.58. The van der Waals surface area contributed by atoms with Gasteiger partial charge in [0.05, 0.1) is 5.69 Å². The zero-order chi connectivity index (χ0) is 10.8. The van der Waals surface area contributed by atoms with Gasteiger partial charge in [-0.15, -0.1) is 0 Å². The van der Waals surface area contributed by atoms with E-state index in [1.807, 2.05) is 0 Å². The maximum atomic E-state index is 13.3. The zero-order valence-corrected chi connectivity index (χ0v) is 8.12. The molecule has 0 aliphatic heterocycles. The van der Waals surface area contributed by atoms with Gasteiger partial charge < -0.3 is 4.98 Å². The van der Waals surface area contributed by atoms with Gasteiger partial charge in [0.2, 0.25) is 0 Å². The smallest absolute Gasteiger partial charge is 0.305 e. The zero-order valence-electron chi connectivity index (χ0n) is 8.12. The molecule has 1 aromatic carbocycles. The van der Waals surface area contributed by atoms with Gasteiger partial charge in [0, 0.05) is 11.8 Å². The third-order valence-corrected chi connectivity index (χ3v) is 2.23. The van der Waals surface area contributed by atoms with Gasteiger partial charge in [0.1, 0.15) is 5.82 Å². The molecule has 4 heteroatoms. The van der Waals surface area contributed by atoms with Crippen LogP contribution in [0.25, 0.3) is 11.3 Å². The Kier molecular flexibility index (Phi) is 2.33. The largest absolute Gasteiger partial charge is 0.345 e. The Morgan fingerprint density at radius 2 is 2.13 bits per heavy atom. The molecule has 0 aliphatic carbocycles. The van der Waals surface area contributed by atoms with Crippen LogP contribution >= 0.6 is 0 Å². The van der Waals surface area contributed by atoms with Gasteiger partial charge >= 0.3 is 5.69 Å². The molecular formula is C11H9FN2O. The van der Waals surface area contributed by atoms with Crippen molar-refractivity contribution in [2.75, 3.05) is 0 Å². The Morgan fingerprint density at radius 1 is 1.33 bits per heavy atom. The van der Waals surface area contributed by atoms with E-state index < -0.39 is 5.69 Å². The van der Waals surface area contributed by atoms with Crippen LogP contribution in [0.5, 0.6) is 0 Å². The molecule has 15 heavy (non-hydrogen) atoms. The monoisotopic (exact) mass is 204 g/mol. The molecule has 0 fully saturated rings. The highest BCUT2D eigenvalue weighted by molar-refractivity contribution is 5.62. The summed E-state index contributed by atoms with van der Waals surface area (Å²) in [7, 11) is 0. The Bertz CT molecular complexity index is 548. The van der Waals surface area contributed by atoms with Gasteiger partial charge in [0.25, 0.3) is 0 Å². The third-order valence-electron chi connectivity index (χ3n) is 2.23. The highest BCUT2D eigenvalue weighted by atomic mass is 19.1. The second-order valence-corrected chi connectivity index (χ2v) is 3.20. The van der Waals surface area contributed by atoms with Gasteiger partial charge in [-0.25, -0.2) is 14.2 Å². The quantitative estimate of drug-likeness (QED) is 0.770. The summed E-state index contributed by atoms with van der Waals surface area (Å²) in [6.07, 6.45) is 1.40. The van der Waals surface area contributed by atoms with Gasteiger partial charge in [0.15, 0.2) is 0 Å². The van der Waals surface area contributed by atoms with Crippen molar-refractivity contribution in [2.45, 2.75) is 6.92 Å². The Morgan fingerprint density at radius 3 is 2.87 bits per heavy atom. The van der Waals surface area contributed by atoms with Crippen molar-refractivity contribution in [3.63, 3.8) is 0 Å². The third kappa shape index (κ3) is 1.79. The van der Waals surface area contributed by atoms with Crippen LogP contribution < -0.4 is 5.69 Å². The molecule has 76 valence electrons. The summed E-state index contributed by atoms with van der Waals surface area (Å²) >= 11 is 0. The molecule has 0 saturated carbocycles. The first-order valence-corrected chi connectivity index (χ1v) is 4.49. The fourth-order valence-electron chi connectivity index (χ4n) is 1.43. The number of benzene rings is 1. The minimum atomic E-state index is -0.434. The number of hydrogen-bond donors (Lipinski definition) is 1. The molecular weight excluding hydrogens is 195 g/mol. The summed E-state index contributed by atoms with van der Waals surface area (Å²) in [5.74, 6) is -0.287. The summed E-state index contributed by atoms with van der Waals surface area (Å²) in [6.45, 7) is 1.67. The summed E-state index contributed by atoms with van der Waals surface area (Å²) in [4.78, 5) is 17.1. The van der Waals surface area contributed by atoms with E-state index in [4.69, 9.17) is 0 Å². The minimum Gasteiger partial charge on any atom is -0.305 e. The molecule has 0 aliphatic rings. The van der Waals surface area contributed by atoms with Crippen LogP contribution in [-0.4, -0.2) is 9.97 Å². The van der Waals surface area contributed by atoms with E-state index in [1.165, 1.54) is 12.3 Å². The predicted molar refractivity (Wildman–Crippen MR) is 55.0 cm³/mol. The van der Waals surface area contributed by atoms with Crippen LogP contribution in [0.1, 0.15) is 5.56 Å². The SMILES string of the molecule is Cc1c(F)cccc1-c1ccnc(=O)[nH]1. The van der Waals surface area contributed by atoms with Crippen molar-refractivity contribution in [1.29, 1.82) is 0 Å². The summed E-state index contributed by atoms with van der Waals surface area (Å²) < 4.78 is 13.3. The van der Waals surface area contributed by atoms with Crippen molar-refractivity contribution in [1.82, 2.24) is 9.97 Å². The number of halogens is 1. The average molecular weight is 204 g/mol. The van der Waals surface area contributed by atoms with Crippen molar-refractivity contribution < 1.29 is 4.39 Å². The fraction of sp³-hybridized carbons (Fsp3) is 0.0909. The maximum absolute atomic E-state index is 13.3. The summed E-state index contributed by atoms with van der Waals surface area (Å²) in [6, 6.07) is 6.39. The molecule has 2 aromatic rings. The second-order valence-electron chi connectivity index (χ2n) is 3.20. The Labute approximate surface area is 85.6 Å². The van der Waals surface area contributed by atoms with E-state index in [0.717, 1.165) is 0 Å². The lowest BCUT2D eigenvalue weighted by molar-refractivity contribution is 0.619. The highest BCUT2D eigenvalue weighted by Crippen LogP contribution is 2.21. The van der Waals surface area contributed by atoms with Crippen molar-refractivity contribution >= 4 is 0 Å². The van der Waals surface area contributed by atoms with Gasteiger partial charge in [-0.3, -0.25) is 0 Å². The standard InChI is InChI=1S/C11H9FN2O/c1-7-8(3-2-4-9(7)12)10-5-6-13-11(15)14-10/h2-6H,1H3,(H,13,14,15). The normalized spacial score (nSPS) is 10.3. The fourth-order valence-corrected chi connectivity index (χ4v) is 1.43. The number of nitrogens with zero attached hydrogens (tertiary/aromatic N) is 1. The molecule has 3 nitrogen and oxygen atoms in total. The highest BCUT2D eigenvalue weighted by Gasteiger charge is 2.05. The molecule has 2 rings (SSSR count). The van der Waals surface area contributed by atoms with Crippen LogP contribution in [0.15, 0.2) is 35.3 Å². The molecule has 0 unspecified atom stereocenters. The van der Waals surface area contributed by atoms with Gasteiger partial charge in [-0.05, 0) is 24.6 Å². The number of nitrogens with one attached hydrogen (secondary N) is 1. The van der Waals surface area contributed by atoms with Crippen molar-refractivity contribution in [3.8, 4) is 11.3 Å². The molecule has 1 N–H and O–H groups in total. The minimum absolute atomic E-state index is 0.287. The first-order valence-electron chi connectivity index (χ1n) is 4.49. The lowest BCUT2D eigenvalue weighted by Crippen LogP contribution is -2.09.